The van der Waals surface area contributed by atoms with Crippen molar-refractivity contribution in [3.8, 4) is 0 Å². The molecule has 8 atom stereocenters. The second kappa shape index (κ2) is 39.0. The molecule has 0 aromatic heterocycles. The third-order valence-electron chi connectivity index (χ3n) is 12.3. The Kier molecular flexibility index (Phi) is 37.1. The van der Waals surface area contributed by atoms with Crippen LogP contribution in [0.3, 0.4) is 0 Å². The summed E-state index contributed by atoms with van der Waals surface area (Å²) in [7, 11) is 0. The summed E-state index contributed by atoms with van der Waals surface area (Å²) < 4.78 is 11.2. The lowest BCUT2D eigenvalue weighted by Gasteiger charge is -2.40. The number of aliphatic hydroxyl groups is 6. The molecule has 0 saturated carbocycles. The summed E-state index contributed by atoms with van der Waals surface area (Å²) in [5, 5.41) is 64.9. The lowest BCUT2D eigenvalue weighted by molar-refractivity contribution is -0.302. The second-order valence-corrected chi connectivity index (χ2v) is 17.8. The van der Waals surface area contributed by atoms with E-state index in [2.05, 4.69) is 19.2 Å². The molecule has 0 aliphatic carbocycles. The molecule has 8 unspecified atom stereocenters. The van der Waals surface area contributed by atoms with Crippen LogP contribution < -0.4 is 5.32 Å². The number of hydrogen-bond donors (Lipinski definition) is 7. The van der Waals surface area contributed by atoms with Crippen molar-refractivity contribution in [1.82, 2.24) is 5.32 Å². The van der Waals surface area contributed by atoms with Crippen LogP contribution in [0.5, 0.6) is 0 Å². The van der Waals surface area contributed by atoms with Crippen molar-refractivity contribution in [2.24, 2.45) is 0 Å². The molecule has 1 rings (SSSR count). The maximum Gasteiger partial charge on any atom is 0.249 e. The van der Waals surface area contributed by atoms with Gasteiger partial charge in [-0.15, -0.1) is 0 Å². The first kappa shape index (κ1) is 55.2. The van der Waals surface area contributed by atoms with E-state index < -0.39 is 61.5 Å². The standard InChI is InChI=1S/C48H95NO9/c1-3-5-7-9-11-13-15-17-19-20-21-23-25-27-29-31-33-35-37-42(52)47(56)49-40(39-57-48-46(55)45(54)44(53)43(38-50)58-48)41(51)36-34-32-30-28-26-24-22-18-16-14-12-10-8-6-4-2/h40-46,48,50-55H,3-39H2,1-2H3,(H,49,56). The third kappa shape index (κ3) is 28.6. The first-order chi connectivity index (χ1) is 28.3. The van der Waals surface area contributed by atoms with Crippen molar-refractivity contribution < 1.29 is 44.9 Å². The molecule has 346 valence electrons. The molecule has 0 radical (unpaired) electrons. The van der Waals surface area contributed by atoms with Crippen LogP contribution in [0.15, 0.2) is 0 Å². The van der Waals surface area contributed by atoms with Crippen molar-refractivity contribution >= 4 is 5.91 Å². The van der Waals surface area contributed by atoms with Crippen molar-refractivity contribution in [1.29, 1.82) is 0 Å². The van der Waals surface area contributed by atoms with Gasteiger partial charge in [0.25, 0.3) is 0 Å². The highest BCUT2D eigenvalue weighted by atomic mass is 16.7. The van der Waals surface area contributed by atoms with Crippen LogP contribution >= 0.6 is 0 Å². The summed E-state index contributed by atoms with van der Waals surface area (Å²) in [6, 6.07) is -0.888. The van der Waals surface area contributed by atoms with E-state index in [4.69, 9.17) is 9.47 Å². The van der Waals surface area contributed by atoms with Crippen LogP contribution in [0, 0.1) is 0 Å². The van der Waals surface area contributed by atoms with E-state index in [-0.39, 0.29) is 6.61 Å². The fraction of sp³-hybridized carbons (Fsp3) is 0.979. The summed E-state index contributed by atoms with van der Waals surface area (Å²) in [6.45, 7) is 3.69. The molecule has 0 aromatic carbocycles. The molecule has 1 fully saturated rings. The number of carbonyl (C=O) groups is 1. The number of unbranched alkanes of at least 4 members (excludes halogenated alkanes) is 31. The normalized spacial score (nSPS) is 21.3. The smallest absolute Gasteiger partial charge is 0.249 e. The first-order valence-corrected chi connectivity index (χ1v) is 24.8. The maximum absolute atomic E-state index is 13.1. The molecule has 58 heavy (non-hydrogen) atoms. The van der Waals surface area contributed by atoms with E-state index in [1.807, 2.05) is 0 Å². The Morgan fingerprint density at radius 1 is 0.517 bits per heavy atom. The van der Waals surface area contributed by atoms with Gasteiger partial charge in [0, 0.05) is 0 Å². The van der Waals surface area contributed by atoms with E-state index in [1.165, 1.54) is 173 Å². The largest absolute Gasteiger partial charge is 0.394 e. The first-order valence-electron chi connectivity index (χ1n) is 24.8. The van der Waals surface area contributed by atoms with Gasteiger partial charge in [0.15, 0.2) is 6.29 Å². The van der Waals surface area contributed by atoms with Crippen LogP contribution in [0.25, 0.3) is 0 Å². The van der Waals surface area contributed by atoms with Crippen molar-refractivity contribution in [2.45, 2.75) is 288 Å². The van der Waals surface area contributed by atoms with Crippen LogP contribution in [0.1, 0.15) is 239 Å². The average molecular weight is 830 g/mol. The molecule has 1 saturated heterocycles. The summed E-state index contributed by atoms with van der Waals surface area (Å²) in [4.78, 5) is 13.1. The SMILES string of the molecule is CCCCCCCCCCCCCCCCCCCCC(O)C(=O)NC(COC1OC(CO)C(O)C(O)C1O)C(O)CCCCCCCCCCCCCCCCC. The number of ether oxygens (including phenoxy) is 2. The molecular formula is C48H95NO9. The van der Waals surface area contributed by atoms with Gasteiger partial charge in [0.2, 0.25) is 5.91 Å². The molecule has 10 heteroatoms. The minimum absolute atomic E-state index is 0.250. The lowest BCUT2D eigenvalue weighted by atomic mass is 9.99. The van der Waals surface area contributed by atoms with Crippen molar-refractivity contribution in [3.05, 3.63) is 0 Å². The minimum Gasteiger partial charge on any atom is -0.394 e. The van der Waals surface area contributed by atoms with Gasteiger partial charge in [0.05, 0.1) is 25.4 Å². The van der Waals surface area contributed by atoms with Crippen molar-refractivity contribution in [2.75, 3.05) is 13.2 Å². The van der Waals surface area contributed by atoms with Gasteiger partial charge in [-0.1, -0.05) is 226 Å². The summed E-state index contributed by atoms with van der Waals surface area (Å²) >= 11 is 0. The molecule has 7 N–H and O–H groups in total. The molecule has 0 bridgehead atoms. The zero-order valence-electron chi connectivity index (χ0n) is 37.7. The predicted octanol–water partition coefficient (Wildman–Crippen LogP) is 9.70. The highest BCUT2D eigenvalue weighted by Gasteiger charge is 2.44. The fourth-order valence-corrected chi connectivity index (χ4v) is 8.23. The van der Waals surface area contributed by atoms with Crippen LogP contribution in [-0.2, 0) is 14.3 Å². The van der Waals surface area contributed by atoms with Crippen LogP contribution in [-0.4, -0.2) is 98.7 Å². The molecule has 0 aromatic rings. The molecule has 1 amide bonds. The average Bonchev–Trinajstić information content (AvgIpc) is 3.22. The Labute approximate surface area is 356 Å². The molecule has 1 aliphatic heterocycles. The summed E-state index contributed by atoms with van der Waals surface area (Å²) in [5.74, 6) is -0.579. The Balaban J connectivity index is 2.33. The van der Waals surface area contributed by atoms with E-state index in [0.717, 1.165) is 38.5 Å². The quantitative estimate of drug-likeness (QED) is 0.0296. The van der Waals surface area contributed by atoms with Gasteiger partial charge in [-0.2, -0.15) is 0 Å². The number of rotatable bonds is 42. The van der Waals surface area contributed by atoms with E-state index >= 15 is 0 Å². The topological polar surface area (TPSA) is 169 Å². The Bertz CT molecular complexity index is 895. The maximum atomic E-state index is 13.1. The molecule has 1 aliphatic rings. The molecule has 10 nitrogen and oxygen atoms in total. The lowest BCUT2D eigenvalue weighted by Crippen LogP contribution is -2.60. The highest BCUT2D eigenvalue weighted by molar-refractivity contribution is 5.80. The summed E-state index contributed by atoms with van der Waals surface area (Å²) in [5.41, 5.74) is 0. The van der Waals surface area contributed by atoms with Gasteiger partial charge >= 0.3 is 0 Å². The van der Waals surface area contributed by atoms with Crippen LogP contribution in [0.2, 0.25) is 0 Å². The van der Waals surface area contributed by atoms with Gasteiger partial charge in [-0.05, 0) is 12.8 Å². The zero-order chi connectivity index (χ0) is 42.5. The van der Waals surface area contributed by atoms with Gasteiger partial charge in [0.1, 0.15) is 30.5 Å². The van der Waals surface area contributed by atoms with Gasteiger partial charge in [-0.3, -0.25) is 4.79 Å². The minimum atomic E-state index is -1.59. The Morgan fingerprint density at radius 2 is 0.862 bits per heavy atom. The van der Waals surface area contributed by atoms with E-state index in [1.54, 1.807) is 0 Å². The van der Waals surface area contributed by atoms with Gasteiger partial charge in [-0.25, -0.2) is 0 Å². The number of aliphatic hydroxyl groups excluding tert-OH is 6. The number of carbonyl (C=O) groups excluding carboxylic acids is 1. The highest BCUT2D eigenvalue weighted by Crippen LogP contribution is 2.23. The van der Waals surface area contributed by atoms with Crippen molar-refractivity contribution in [3.63, 3.8) is 0 Å². The van der Waals surface area contributed by atoms with E-state index in [0.29, 0.717) is 12.8 Å². The number of amides is 1. The Hall–Kier alpha value is -0.850. The van der Waals surface area contributed by atoms with E-state index in [9.17, 15) is 35.4 Å². The zero-order valence-corrected chi connectivity index (χ0v) is 37.7. The summed E-state index contributed by atoms with van der Waals surface area (Å²) in [6.07, 6.45) is 32.9. The molecular weight excluding hydrogens is 735 g/mol. The molecule has 0 spiro atoms. The van der Waals surface area contributed by atoms with Gasteiger partial charge < -0.3 is 45.4 Å². The Morgan fingerprint density at radius 3 is 1.22 bits per heavy atom. The third-order valence-corrected chi connectivity index (χ3v) is 12.3. The second-order valence-electron chi connectivity index (χ2n) is 17.8. The van der Waals surface area contributed by atoms with Crippen LogP contribution in [0.4, 0.5) is 0 Å². The monoisotopic (exact) mass is 830 g/mol. The predicted molar refractivity (Wildman–Crippen MR) is 237 cm³/mol. The molecule has 1 heterocycles. The number of hydrogen-bond acceptors (Lipinski definition) is 9. The number of nitrogens with one attached hydrogen (secondary N) is 1. The fourth-order valence-electron chi connectivity index (χ4n) is 8.23.